The number of halogens is 2. The van der Waals surface area contributed by atoms with Crippen LogP contribution >= 0.6 is 11.6 Å². The topological polar surface area (TPSA) is 15.3 Å². The van der Waals surface area contributed by atoms with Crippen molar-refractivity contribution in [1.29, 1.82) is 0 Å². The normalized spacial score (nSPS) is 13.7. The van der Waals surface area contributed by atoms with Crippen LogP contribution in [0.1, 0.15) is 51.6 Å². The highest BCUT2D eigenvalue weighted by Crippen LogP contribution is 2.37. The highest BCUT2D eigenvalue weighted by Gasteiger charge is 2.39. The highest BCUT2D eigenvalue weighted by atomic mass is 35.5. The van der Waals surface area contributed by atoms with Gasteiger partial charge in [0.25, 0.3) is 0 Å². The van der Waals surface area contributed by atoms with E-state index in [-0.39, 0.29) is 17.4 Å². The Morgan fingerprint density at radius 3 is 2.29 bits per heavy atom. The Morgan fingerprint density at radius 1 is 1.24 bits per heavy atom. The van der Waals surface area contributed by atoms with E-state index in [0.717, 1.165) is 25.8 Å². The first-order valence-corrected chi connectivity index (χ1v) is 8.16. The number of likely N-dealkylation sites (N-methyl/N-ethyl adjacent to an activating group) is 1. The predicted octanol–water partition coefficient (Wildman–Crippen LogP) is 4.64. The van der Waals surface area contributed by atoms with Crippen LogP contribution < -0.4 is 5.32 Å². The number of hydrogen-bond donors (Lipinski definition) is 1. The molecule has 0 amide bonds. The molecule has 0 aliphatic rings. The molecule has 0 aromatic heterocycles. The summed E-state index contributed by atoms with van der Waals surface area (Å²) in [6, 6.07) is 4.93. The minimum atomic E-state index is -0.232. The third kappa shape index (κ3) is 3.97. The van der Waals surface area contributed by atoms with E-state index in [1.54, 1.807) is 6.07 Å². The van der Waals surface area contributed by atoms with Crippen molar-refractivity contribution in [2.45, 2.75) is 51.6 Å². The molecule has 4 heteroatoms. The summed E-state index contributed by atoms with van der Waals surface area (Å²) in [6.07, 6.45) is 2.91. The predicted molar refractivity (Wildman–Crippen MR) is 89.4 cm³/mol. The third-order valence-corrected chi connectivity index (χ3v) is 4.76. The van der Waals surface area contributed by atoms with Crippen LogP contribution in [0.2, 0.25) is 5.02 Å². The number of nitrogens with zero attached hydrogens (tertiary/aromatic N) is 1. The molecular formula is C17H28ClFN2. The lowest BCUT2D eigenvalue weighted by Crippen LogP contribution is -2.53. The molecule has 1 N–H and O–H groups in total. The Hall–Kier alpha value is -0.640. The van der Waals surface area contributed by atoms with Crippen molar-refractivity contribution in [3.63, 3.8) is 0 Å². The molecule has 0 saturated heterocycles. The fraction of sp³-hybridized carbons (Fsp3) is 0.647. The van der Waals surface area contributed by atoms with Gasteiger partial charge in [0.2, 0.25) is 0 Å². The van der Waals surface area contributed by atoms with Gasteiger partial charge in [-0.1, -0.05) is 38.4 Å². The Balaban J connectivity index is 3.32. The summed E-state index contributed by atoms with van der Waals surface area (Å²) in [5, 5.41) is 3.98. The van der Waals surface area contributed by atoms with Gasteiger partial charge in [-0.2, -0.15) is 0 Å². The molecular weight excluding hydrogens is 287 g/mol. The molecule has 0 radical (unpaired) electrons. The van der Waals surface area contributed by atoms with Gasteiger partial charge in [-0.15, -0.1) is 0 Å². The maximum Gasteiger partial charge on any atom is 0.129 e. The van der Waals surface area contributed by atoms with Gasteiger partial charge in [-0.25, -0.2) is 4.39 Å². The van der Waals surface area contributed by atoms with Crippen LogP contribution in [0.25, 0.3) is 0 Å². The molecule has 0 aliphatic heterocycles. The van der Waals surface area contributed by atoms with Gasteiger partial charge >= 0.3 is 0 Å². The SMILES string of the molecule is CCCNC(c1ccc(Cl)cc1F)C(CC)(CC)N(C)C. The van der Waals surface area contributed by atoms with Crippen LogP contribution in [0.4, 0.5) is 4.39 Å². The van der Waals surface area contributed by atoms with Crippen LogP contribution in [-0.4, -0.2) is 31.1 Å². The number of rotatable bonds is 8. The number of benzene rings is 1. The fourth-order valence-electron chi connectivity index (χ4n) is 3.16. The number of nitrogens with one attached hydrogen (secondary N) is 1. The zero-order valence-electron chi connectivity index (χ0n) is 13.8. The maximum atomic E-state index is 14.5. The van der Waals surface area contributed by atoms with E-state index in [1.165, 1.54) is 6.07 Å². The quantitative estimate of drug-likeness (QED) is 0.752. The lowest BCUT2D eigenvalue weighted by molar-refractivity contribution is 0.0864. The van der Waals surface area contributed by atoms with Gasteiger partial charge in [-0.05, 0) is 52.0 Å². The van der Waals surface area contributed by atoms with Crippen LogP contribution in [-0.2, 0) is 0 Å². The first-order chi connectivity index (χ1) is 9.92. The van der Waals surface area contributed by atoms with Crippen molar-refractivity contribution >= 4 is 11.6 Å². The first kappa shape index (κ1) is 18.4. The van der Waals surface area contributed by atoms with Gasteiger partial charge in [0.15, 0.2) is 0 Å². The second-order valence-electron chi connectivity index (χ2n) is 5.76. The molecule has 1 atom stereocenters. The molecule has 0 fully saturated rings. The molecule has 0 bridgehead atoms. The Kier molecular flexibility index (Phi) is 7.11. The van der Waals surface area contributed by atoms with Crippen molar-refractivity contribution in [2.75, 3.05) is 20.6 Å². The Morgan fingerprint density at radius 2 is 1.86 bits per heavy atom. The summed E-state index contributed by atoms with van der Waals surface area (Å²) in [4.78, 5) is 2.22. The lowest BCUT2D eigenvalue weighted by Gasteiger charge is -2.46. The van der Waals surface area contributed by atoms with Gasteiger partial charge in [0.05, 0.1) is 6.04 Å². The minimum Gasteiger partial charge on any atom is -0.308 e. The van der Waals surface area contributed by atoms with Gasteiger partial charge in [0.1, 0.15) is 5.82 Å². The van der Waals surface area contributed by atoms with Crippen LogP contribution in [0, 0.1) is 5.82 Å². The van der Waals surface area contributed by atoms with Crippen LogP contribution in [0.5, 0.6) is 0 Å². The Labute approximate surface area is 133 Å². The van der Waals surface area contributed by atoms with Crippen molar-refractivity contribution in [3.8, 4) is 0 Å². The van der Waals surface area contributed by atoms with Crippen LogP contribution in [0.15, 0.2) is 18.2 Å². The zero-order chi connectivity index (χ0) is 16.0. The second-order valence-corrected chi connectivity index (χ2v) is 6.19. The summed E-state index contributed by atoms with van der Waals surface area (Å²) in [5.41, 5.74) is 0.578. The molecule has 21 heavy (non-hydrogen) atoms. The van der Waals surface area contributed by atoms with Gasteiger partial charge < -0.3 is 10.2 Å². The average molecular weight is 315 g/mol. The summed E-state index contributed by atoms with van der Waals surface area (Å²) in [6.45, 7) is 7.32. The fourth-order valence-corrected chi connectivity index (χ4v) is 3.32. The van der Waals surface area contributed by atoms with E-state index in [1.807, 2.05) is 6.07 Å². The summed E-state index contributed by atoms with van der Waals surface area (Å²) < 4.78 is 14.5. The molecule has 1 unspecified atom stereocenters. The molecule has 1 aromatic carbocycles. The van der Waals surface area contributed by atoms with E-state index in [2.05, 4.69) is 45.1 Å². The molecule has 2 nitrogen and oxygen atoms in total. The monoisotopic (exact) mass is 314 g/mol. The standard InChI is InChI=1S/C17H28ClFN2/c1-6-11-20-16(17(7-2,8-3)21(4)5)14-10-9-13(18)12-15(14)19/h9-10,12,16,20H,6-8,11H2,1-5H3. The molecule has 0 spiro atoms. The summed E-state index contributed by atoms with van der Waals surface area (Å²) in [5.74, 6) is -0.232. The largest absolute Gasteiger partial charge is 0.308 e. The molecule has 0 heterocycles. The van der Waals surface area contributed by atoms with E-state index < -0.39 is 0 Å². The van der Waals surface area contributed by atoms with Crippen LogP contribution in [0.3, 0.4) is 0 Å². The van der Waals surface area contributed by atoms with E-state index in [4.69, 9.17) is 11.6 Å². The van der Waals surface area contributed by atoms with Crippen molar-refractivity contribution in [1.82, 2.24) is 10.2 Å². The van der Waals surface area contributed by atoms with Crippen molar-refractivity contribution < 1.29 is 4.39 Å². The van der Waals surface area contributed by atoms with Gasteiger partial charge in [-0.3, -0.25) is 0 Å². The van der Waals surface area contributed by atoms with E-state index >= 15 is 0 Å². The molecule has 0 saturated carbocycles. The molecule has 0 aliphatic carbocycles. The maximum absolute atomic E-state index is 14.5. The Bertz CT molecular complexity index is 444. The second kappa shape index (κ2) is 8.11. The average Bonchev–Trinajstić information content (AvgIpc) is 2.44. The first-order valence-electron chi connectivity index (χ1n) is 7.78. The summed E-state index contributed by atoms with van der Waals surface area (Å²) >= 11 is 5.90. The van der Waals surface area contributed by atoms with Crippen molar-refractivity contribution in [3.05, 3.63) is 34.6 Å². The lowest BCUT2D eigenvalue weighted by atomic mass is 9.79. The number of hydrogen-bond acceptors (Lipinski definition) is 2. The smallest absolute Gasteiger partial charge is 0.129 e. The highest BCUT2D eigenvalue weighted by molar-refractivity contribution is 6.30. The van der Waals surface area contributed by atoms with Gasteiger partial charge in [0, 0.05) is 16.1 Å². The molecule has 1 rings (SSSR count). The summed E-state index contributed by atoms with van der Waals surface area (Å²) in [7, 11) is 4.14. The van der Waals surface area contributed by atoms with E-state index in [0.29, 0.717) is 10.6 Å². The zero-order valence-corrected chi connectivity index (χ0v) is 14.6. The molecule has 120 valence electrons. The third-order valence-electron chi connectivity index (χ3n) is 4.52. The van der Waals surface area contributed by atoms with E-state index in [9.17, 15) is 4.39 Å². The van der Waals surface area contributed by atoms with Crippen molar-refractivity contribution in [2.24, 2.45) is 0 Å². The minimum absolute atomic E-state index is 0.0558. The molecule has 1 aromatic rings.